The Hall–Kier alpha value is -2.33. The van der Waals surface area contributed by atoms with Gasteiger partial charge in [0.2, 0.25) is 10.0 Å². The monoisotopic (exact) mass is 430 g/mol. The third-order valence-corrected chi connectivity index (χ3v) is 7.43. The molecule has 152 valence electrons. The van der Waals surface area contributed by atoms with Crippen molar-refractivity contribution in [3.8, 4) is 10.6 Å². The van der Waals surface area contributed by atoms with Crippen molar-refractivity contribution in [3.05, 3.63) is 59.7 Å². The van der Waals surface area contributed by atoms with E-state index in [-0.39, 0.29) is 4.90 Å². The lowest BCUT2D eigenvalue weighted by Gasteiger charge is -2.25. The lowest BCUT2D eigenvalue weighted by molar-refractivity contribution is 0.0730. The second-order valence-electron chi connectivity index (χ2n) is 6.58. The Morgan fingerprint density at radius 3 is 2.62 bits per heavy atom. The van der Waals surface area contributed by atoms with Gasteiger partial charge in [0.15, 0.2) is 0 Å². The number of ether oxygens (including phenoxy) is 1. The van der Waals surface area contributed by atoms with Crippen LogP contribution in [0.3, 0.4) is 0 Å². The zero-order valence-corrected chi connectivity index (χ0v) is 17.5. The first-order valence-electron chi connectivity index (χ1n) is 9.40. The summed E-state index contributed by atoms with van der Waals surface area (Å²) in [6.07, 6.45) is 2.17. The topological polar surface area (TPSA) is 84.4 Å². The van der Waals surface area contributed by atoms with Crippen LogP contribution in [-0.4, -0.2) is 55.5 Å². The molecule has 1 N–H and O–H groups in total. The second kappa shape index (κ2) is 9.00. The van der Waals surface area contributed by atoms with E-state index in [1.165, 1.54) is 10.5 Å². The first-order valence-corrected chi connectivity index (χ1v) is 11.7. The molecule has 1 fully saturated rings. The van der Waals surface area contributed by atoms with Gasteiger partial charge in [-0.3, -0.25) is 0 Å². The first-order chi connectivity index (χ1) is 14.1. The SMILES string of the molecule is O=S(=O)(c1ccc(NCCc2csc(-c3ccccc3)n2)nc1)N1CCOCC1. The molecule has 0 unspecified atom stereocenters. The maximum atomic E-state index is 12.6. The Kier molecular flexibility index (Phi) is 6.19. The van der Waals surface area contributed by atoms with E-state index in [2.05, 4.69) is 32.8 Å². The quantitative estimate of drug-likeness (QED) is 0.621. The molecule has 1 aromatic carbocycles. The molecular weight excluding hydrogens is 408 g/mol. The number of rotatable bonds is 7. The number of hydrogen-bond acceptors (Lipinski definition) is 7. The average molecular weight is 431 g/mol. The van der Waals surface area contributed by atoms with E-state index < -0.39 is 10.0 Å². The lowest BCUT2D eigenvalue weighted by atomic mass is 10.2. The Morgan fingerprint density at radius 2 is 1.90 bits per heavy atom. The van der Waals surface area contributed by atoms with Gasteiger partial charge in [-0.1, -0.05) is 30.3 Å². The Bertz CT molecular complexity index is 1030. The maximum absolute atomic E-state index is 12.6. The molecular formula is C20H22N4O3S2. The summed E-state index contributed by atoms with van der Waals surface area (Å²) in [4.78, 5) is 9.14. The van der Waals surface area contributed by atoms with Crippen molar-refractivity contribution in [1.82, 2.24) is 14.3 Å². The predicted octanol–water partition coefficient (Wildman–Crippen LogP) is 2.88. The van der Waals surface area contributed by atoms with Crippen LogP contribution in [0, 0.1) is 0 Å². The van der Waals surface area contributed by atoms with Gasteiger partial charge in [0, 0.05) is 43.2 Å². The Balaban J connectivity index is 1.32. The van der Waals surface area contributed by atoms with Gasteiger partial charge in [-0.2, -0.15) is 4.31 Å². The number of hydrogen-bond donors (Lipinski definition) is 1. The van der Waals surface area contributed by atoms with Crippen LogP contribution in [-0.2, 0) is 21.2 Å². The molecule has 0 bridgehead atoms. The van der Waals surface area contributed by atoms with Gasteiger partial charge in [0.05, 0.1) is 18.9 Å². The largest absolute Gasteiger partial charge is 0.379 e. The average Bonchev–Trinajstić information content (AvgIpc) is 3.24. The van der Waals surface area contributed by atoms with Crippen molar-refractivity contribution < 1.29 is 13.2 Å². The number of sulfonamides is 1. The van der Waals surface area contributed by atoms with E-state index in [9.17, 15) is 8.42 Å². The number of benzene rings is 1. The minimum atomic E-state index is -3.51. The third kappa shape index (κ3) is 4.81. The maximum Gasteiger partial charge on any atom is 0.244 e. The molecule has 1 aliphatic heterocycles. The molecule has 0 spiro atoms. The molecule has 7 nitrogen and oxygen atoms in total. The first kappa shape index (κ1) is 20.0. The Morgan fingerprint density at radius 1 is 1.10 bits per heavy atom. The summed E-state index contributed by atoms with van der Waals surface area (Å²) < 4.78 is 31.9. The molecule has 3 heterocycles. The third-order valence-electron chi connectivity index (χ3n) is 4.60. The fourth-order valence-corrected chi connectivity index (χ4v) is 5.24. The van der Waals surface area contributed by atoms with Crippen molar-refractivity contribution >= 4 is 27.2 Å². The van der Waals surface area contributed by atoms with Crippen LogP contribution in [0.1, 0.15) is 5.69 Å². The highest BCUT2D eigenvalue weighted by atomic mass is 32.2. The van der Waals surface area contributed by atoms with E-state index in [1.807, 2.05) is 18.2 Å². The fraction of sp³-hybridized carbons (Fsp3) is 0.300. The van der Waals surface area contributed by atoms with E-state index in [0.29, 0.717) is 38.7 Å². The normalized spacial score (nSPS) is 15.3. The summed E-state index contributed by atoms with van der Waals surface area (Å²) >= 11 is 1.63. The van der Waals surface area contributed by atoms with Crippen molar-refractivity contribution in [2.24, 2.45) is 0 Å². The van der Waals surface area contributed by atoms with Gasteiger partial charge >= 0.3 is 0 Å². The molecule has 1 saturated heterocycles. The minimum absolute atomic E-state index is 0.206. The van der Waals surface area contributed by atoms with Crippen molar-refractivity contribution in [3.63, 3.8) is 0 Å². The number of pyridine rings is 1. The van der Waals surface area contributed by atoms with Crippen LogP contribution in [0.5, 0.6) is 0 Å². The van der Waals surface area contributed by atoms with Gasteiger partial charge in [-0.25, -0.2) is 18.4 Å². The molecule has 29 heavy (non-hydrogen) atoms. The number of thiazole rings is 1. The molecule has 2 aromatic heterocycles. The van der Waals surface area contributed by atoms with Gasteiger partial charge in [0.1, 0.15) is 15.7 Å². The summed E-state index contributed by atoms with van der Waals surface area (Å²) in [7, 11) is -3.51. The highest BCUT2D eigenvalue weighted by molar-refractivity contribution is 7.89. The van der Waals surface area contributed by atoms with Gasteiger partial charge in [-0.15, -0.1) is 11.3 Å². The van der Waals surface area contributed by atoms with Crippen LogP contribution in [0.4, 0.5) is 5.82 Å². The van der Waals surface area contributed by atoms with Crippen molar-refractivity contribution in [2.45, 2.75) is 11.3 Å². The molecule has 0 amide bonds. The van der Waals surface area contributed by atoms with Crippen LogP contribution < -0.4 is 5.32 Å². The predicted molar refractivity (Wildman–Crippen MR) is 114 cm³/mol. The fourth-order valence-electron chi connectivity index (χ4n) is 3.03. The summed E-state index contributed by atoms with van der Waals surface area (Å²) in [6, 6.07) is 13.4. The highest BCUT2D eigenvalue weighted by Gasteiger charge is 2.26. The summed E-state index contributed by atoms with van der Waals surface area (Å²) in [5, 5.41) is 6.30. The van der Waals surface area contributed by atoms with E-state index >= 15 is 0 Å². The molecule has 9 heteroatoms. The van der Waals surface area contributed by atoms with E-state index in [4.69, 9.17) is 4.74 Å². The molecule has 0 atom stereocenters. The molecule has 3 aromatic rings. The zero-order chi connectivity index (χ0) is 20.1. The van der Waals surface area contributed by atoms with Crippen LogP contribution >= 0.6 is 11.3 Å². The van der Waals surface area contributed by atoms with Crippen LogP contribution in [0.25, 0.3) is 10.6 Å². The lowest BCUT2D eigenvalue weighted by Crippen LogP contribution is -2.40. The standard InChI is InChI=1S/C20H22N4O3S2/c25-29(26,24-10-12-27-13-11-24)18-6-7-19(22-14-18)21-9-8-17-15-28-20(23-17)16-4-2-1-3-5-16/h1-7,14-15H,8-13H2,(H,21,22). The van der Waals surface area contributed by atoms with Gasteiger partial charge in [-0.05, 0) is 12.1 Å². The molecule has 0 saturated carbocycles. The Labute approximate surface area is 174 Å². The van der Waals surface area contributed by atoms with E-state index in [1.54, 1.807) is 23.5 Å². The number of morpholine rings is 1. The zero-order valence-electron chi connectivity index (χ0n) is 15.8. The number of nitrogens with one attached hydrogen (secondary N) is 1. The smallest absolute Gasteiger partial charge is 0.244 e. The summed E-state index contributed by atoms with van der Waals surface area (Å²) in [5.74, 6) is 0.643. The van der Waals surface area contributed by atoms with Crippen molar-refractivity contribution in [1.29, 1.82) is 0 Å². The van der Waals surface area contributed by atoms with Gasteiger partial charge < -0.3 is 10.1 Å². The number of nitrogens with zero attached hydrogens (tertiary/aromatic N) is 3. The molecule has 1 aliphatic rings. The minimum Gasteiger partial charge on any atom is -0.379 e. The van der Waals surface area contributed by atoms with Gasteiger partial charge in [0.25, 0.3) is 0 Å². The number of aromatic nitrogens is 2. The highest BCUT2D eigenvalue weighted by Crippen LogP contribution is 2.23. The number of anilines is 1. The molecule has 4 rings (SSSR count). The van der Waals surface area contributed by atoms with Crippen LogP contribution in [0.15, 0.2) is 58.9 Å². The molecule has 0 aliphatic carbocycles. The summed E-state index contributed by atoms with van der Waals surface area (Å²) in [5.41, 5.74) is 2.14. The second-order valence-corrected chi connectivity index (χ2v) is 9.38. The van der Waals surface area contributed by atoms with E-state index in [0.717, 1.165) is 22.7 Å². The molecule has 0 radical (unpaired) electrons. The van der Waals surface area contributed by atoms with Crippen LogP contribution in [0.2, 0.25) is 0 Å². The van der Waals surface area contributed by atoms with Crippen molar-refractivity contribution in [2.75, 3.05) is 38.2 Å². The summed E-state index contributed by atoms with van der Waals surface area (Å²) in [6.45, 7) is 2.27.